The number of carbonyl (C=O) groups is 1. The van der Waals surface area contributed by atoms with Crippen LogP contribution in [0.25, 0.3) is 0 Å². The van der Waals surface area contributed by atoms with E-state index in [1.54, 1.807) is 7.11 Å². The number of methoxy groups -OCH3 is 1. The zero-order chi connectivity index (χ0) is 25.5. The minimum Gasteiger partial charge on any atom is -0.497 e. The Balaban J connectivity index is 1.75. The lowest BCUT2D eigenvalue weighted by molar-refractivity contribution is -0.137. The molecule has 0 radical (unpaired) electrons. The Bertz CT molecular complexity index is 984. The smallest absolute Gasteiger partial charge is 0.315 e. The molecule has 2 unspecified atom stereocenters. The van der Waals surface area contributed by atoms with Crippen LogP contribution in [0.5, 0.6) is 11.5 Å². The Morgan fingerprint density at radius 3 is 1.94 bits per heavy atom. The zero-order valence-corrected chi connectivity index (χ0v) is 22.7. The molecule has 3 rings (SSSR count). The quantitative estimate of drug-likeness (QED) is 0.326. The molecule has 4 nitrogen and oxygen atoms in total. The van der Waals surface area contributed by atoms with Gasteiger partial charge >= 0.3 is 5.97 Å². The van der Waals surface area contributed by atoms with E-state index in [1.165, 1.54) is 5.56 Å². The first kappa shape index (κ1) is 26.3. The van der Waals surface area contributed by atoms with Crippen molar-refractivity contribution in [1.29, 1.82) is 0 Å². The Kier molecular flexibility index (Phi) is 7.24. The molecule has 0 aliphatic heterocycles. The number of hydrogen-bond acceptors (Lipinski definition) is 4. The fraction of sp³-hybridized carbons (Fsp3) is 0.567. The van der Waals surface area contributed by atoms with Gasteiger partial charge in [0.15, 0.2) is 0 Å². The van der Waals surface area contributed by atoms with E-state index in [0.717, 1.165) is 28.2 Å². The van der Waals surface area contributed by atoms with E-state index in [1.807, 2.05) is 24.3 Å². The standard InChI is InChI=1S/C30H42O4/c1-19-15-22(28(2,3)4)26(23(16-19)29(5,6)7)34-27(31)25-24(30(25,8)9)18-33-17-20-11-13-21(32-10)14-12-20/h11-16,24-25H,17-18H2,1-10H3. The Hall–Kier alpha value is -2.33. The van der Waals surface area contributed by atoms with Crippen molar-refractivity contribution in [3.05, 3.63) is 58.7 Å². The number of benzene rings is 2. The maximum absolute atomic E-state index is 13.5. The van der Waals surface area contributed by atoms with E-state index >= 15 is 0 Å². The lowest BCUT2D eigenvalue weighted by Gasteiger charge is -2.30. The summed E-state index contributed by atoms with van der Waals surface area (Å²) in [4.78, 5) is 13.5. The van der Waals surface area contributed by atoms with E-state index < -0.39 is 0 Å². The van der Waals surface area contributed by atoms with Crippen LogP contribution < -0.4 is 9.47 Å². The summed E-state index contributed by atoms with van der Waals surface area (Å²) in [6, 6.07) is 12.2. The highest BCUT2D eigenvalue weighted by Crippen LogP contribution is 2.59. The van der Waals surface area contributed by atoms with Crippen molar-refractivity contribution in [2.75, 3.05) is 13.7 Å². The van der Waals surface area contributed by atoms with Crippen molar-refractivity contribution >= 4 is 5.97 Å². The van der Waals surface area contributed by atoms with Crippen molar-refractivity contribution in [3.63, 3.8) is 0 Å². The van der Waals surface area contributed by atoms with Gasteiger partial charge in [-0.15, -0.1) is 0 Å². The minimum atomic E-state index is -0.176. The Labute approximate surface area is 206 Å². The third-order valence-electron chi connectivity index (χ3n) is 7.08. The van der Waals surface area contributed by atoms with E-state index in [-0.39, 0.29) is 34.1 Å². The number of rotatable bonds is 7. The average Bonchev–Trinajstić information content (AvgIpc) is 3.28. The van der Waals surface area contributed by atoms with Gasteiger partial charge in [0.25, 0.3) is 0 Å². The second-order valence-corrected chi connectivity index (χ2v) is 12.4. The Morgan fingerprint density at radius 2 is 1.47 bits per heavy atom. The summed E-state index contributed by atoms with van der Waals surface area (Å²) in [5.74, 6) is 1.37. The molecule has 1 aliphatic carbocycles. The van der Waals surface area contributed by atoms with Gasteiger partial charge in [-0.05, 0) is 40.9 Å². The molecule has 186 valence electrons. The molecule has 1 aliphatic rings. The van der Waals surface area contributed by atoms with Crippen LogP contribution in [-0.4, -0.2) is 19.7 Å². The molecule has 2 aromatic carbocycles. The van der Waals surface area contributed by atoms with Gasteiger partial charge in [0.2, 0.25) is 0 Å². The molecular weight excluding hydrogens is 424 g/mol. The van der Waals surface area contributed by atoms with Crippen LogP contribution in [0.4, 0.5) is 0 Å². The molecule has 2 atom stereocenters. The summed E-state index contributed by atoms with van der Waals surface area (Å²) in [5.41, 5.74) is 4.01. The largest absolute Gasteiger partial charge is 0.497 e. The normalized spacial score (nSPS) is 19.6. The fourth-order valence-electron chi connectivity index (χ4n) is 4.71. The van der Waals surface area contributed by atoms with E-state index in [2.05, 4.69) is 74.4 Å². The third kappa shape index (κ3) is 5.66. The lowest BCUT2D eigenvalue weighted by atomic mass is 9.78. The predicted octanol–water partition coefficient (Wildman–Crippen LogP) is 6.99. The van der Waals surface area contributed by atoms with E-state index in [4.69, 9.17) is 14.2 Å². The maximum Gasteiger partial charge on any atom is 0.315 e. The summed E-state index contributed by atoms with van der Waals surface area (Å²) >= 11 is 0. The first-order valence-corrected chi connectivity index (χ1v) is 12.2. The fourth-order valence-corrected chi connectivity index (χ4v) is 4.71. The third-order valence-corrected chi connectivity index (χ3v) is 7.08. The second-order valence-electron chi connectivity index (χ2n) is 12.4. The molecule has 2 aromatic rings. The average molecular weight is 467 g/mol. The predicted molar refractivity (Wildman–Crippen MR) is 138 cm³/mol. The second kappa shape index (κ2) is 9.37. The van der Waals surface area contributed by atoms with Crippen molar-refractivity contribution in [2.45, 2.75) is 79.8 Å². The molecule has 0 spiro atoms. The molecule has 0 aromatic heterocycles. The number of carbonyl (C=O) groups excluding carboxylic acids is 1. The van der Waals surface area contributed by atoms with Gasteiger partial charge < -0.3 is 14.2 Å². The van der Waals surface area contributed by atoms with Gasteiger partial charge in [-0.1, -0.05) is 85.2 Å². The highest BCUT2D eigenvalue weighted by molar-refractivity contribution is 5.81. The SMILES string of the molecule is COc1ccc(COCC2C(C(=O)Oc3c(C(C)(C)C)cc(C)cc3C(C)(C)C)C2(C)C)cc1. The summed E-state index contributed by atoms with van der Waals surface area (Å²) < 4.78 is 17.5. The molecule has 4 heteroatoms. The summed E-state index contributed by atoms with van der Waals surface area (Å²) in [6.07, 6.45) is 0. The van der Waals surface area contributed by atoms with Crippen LogP contribution >= 0.6 is 0 Å². The number of aryl methyl sites for hydroxylation is 1. The summed E-state index contributed by atoms with van der Waals surface area (Å²) in [6.45, 7) is 20.4. The summed E-state index contributed by atoms with van der Waals surface area (Å²) in [7, 11) is 1.66. The van der Waals surface area contributed by atoms with Gasteiger partial charge in [0.1, 0.15) is 11.5 Å². The van der Waals surface area contributed by atoms with Crippen LogP contribution in [-0.2, 0) is 27.0 Å². The van der Waals surface area contributed by atoms with Crippen molar-refractivity contribution in [3.8, 4) is 11.5 Å². The van der Waals surface area contributed by atoms with Gasteiger partial charge in [-0.3, -0.25) is 4.79 Å². The number of esters is 1. The monoisotopic (exact) mass is 466 g/mol. The topological polar surface area (TPSA) is 44.8 Å². The minimum absolute atomic E-state index is 0.137. The first-order chi connectivity index (χ1) is 15.7. The van der Waals surface area contributed by atoms with Gasteiger partial charge in [0, 0.05) is 17.0 Å². The van der Waals surface area contributed by atoms with Crippen LogP contribution in [0.3, 0.4) is 0 Å². The van der Waals surface area contributed by atoms with Crippen LogP contribution in [0, 0.1) is 24.2 Å². The first-order valence-electron chi connectivity index (χ1n) is 12.2. The molecule has 1 saturated carbocycles. The maximum atomic E-state index is 13.5. The zero-order valence-electron chi connectivity index (χ0n) is 22.7. The molecule has 0 N–H and O–H groups in total. The highest BCUT2D eigenvalue weighted by Gasteiger charge is 2.62. The molecule has 0 heterocycles. The summed E-state index contributed by atoms with van der Waals surface area (Å²) in [5, 5.41) is 0. The molecule has 34 heavy (non-hydrogen) atoms. The Morgan fingerprint density at radius 1 is 0.941 bits per heavy atom. The van der Waals surface area contributed by atoms with E-state index in [0.29, 0.717) is 13.2 Å². The molecule has 1 fully saturated rings. The number of ether oxygens (including phenoxy) is 3. The van der Waals surface area contributed by atoms with Gasteiger partial charge in [-0.2, -0.15) is 0 Å². The van der Waals surface area contributed by atoms with Crippen LogP contribution in [0.15, 0.2) is 36.4 Å². The molecular formula is C30H42O4. The highest BCUT2D eigenvalue weighted by atomic mass is 16.5. The van der Waals surface area contributed by atoms with Crippen LogP contribution in [0.2, 0.25) is 0 Å². The number of hydrogen-bond donors (Lipinski definition) is 0. The van der Waals surface area contributed by atoms with Crippen molar-refractivity contribution in [1.82, 2.24) is 0 Å². The van der Waals surface area contributed by atoms with Crippen molar-refractivity contribution in [2.24, 2.45) is 17.3 Å². The molecule has 0 amide bonds. The molecule has 0 saturated heterocycles. The van der Waals surface area contributed by atoms with Crippen LogP contribution in [0.1, 0.15) is 77.6 Å². The molecule has 0 bridgehead atoms. The van der Waals surface area contributed by atoms with Gasteiger partial charge in [0.05, 0.1) is 26.2 Å². The van der Waals surface area contributed by atoms with Crippen molar-refractivity contribution < 1.29 is 19.0 Å². The lowest BCUT2D eigenvalue weighted by Crippen LogP contribution is -2.23. The van der Waals surface area contributed by atoms with Gasteiger partial charge in [-0.25, -0.2) is 0 Å². The van der Waals surface area contributed by atoms with E-state index in [9.17, 15) is 4.79 Å².